The molecule has 1 aliphatic rings. The monoisotopic (exact) mass is 253 g/mol. The van der Waals surface area contributed by atoms with E-state index >= 15 is 0 Å². The normalized spacial score (nSPS) is 25.1. The van der Waals surface area contributed by atoms with Gasteiger partial charge in [0.1, 0.15) is 0 Å². The number of rotatable bonds is 6. The molecule has 2 nitrogen and oxygen atoms in total. The number of nitrogens with one attached hydrogen (secondary N) is 1. The summed E-state index contributed by atoms with van der Waals surface area (Å²) < 4.78 is 5.81. The SMILES string of the molecule is C=C(CNC(C)(C)C)COCC1CCCC(C)C1. The smallest absolute Gasteiger partial charge is 0.0686 e. The molecular weight excluding hydrogens is 222 g/mol. The minimum atomic E-state index is 0.155. The van der Waals surface area contributed by atoms with Crippen LogP contribution in [0.2, 0.25) is 0 Å². The Morgan fingerprint density at radius 1 is 1.33 bits per heavy atom. The molecule has 2 unspecified atom stereocenters. The molecule has 1 saturated carbocycles. The van der Waals surface area contributed by atoms with Crippen LogP contribution in [0.25, 0.3) is 0 Å². The highest BCUT2D eigenvalue weighted by atomic mass is 16.5. The zero-order valence-electron chi connectivity index (χ0n) is 12.7. The van der Waals surface area contributed by atoms with Gasteiger partial charge in [-0.2, -0.15) is 0 Å². The van der Waals surface area contributed by atoms with Gasteiger partial charge in [0, 0.05) is 18.7 Å². The van der Waals surface area contributed by atoms with Crippen LogP contribution in [-0.2, 0) is 4.74 Å². The molecule has 18 heavy (non-hydrogen) atoms. The van der Waals surface area contributed by atoms with Crippen LogP contribution in [0.5, 0.6) is 0 Å². The summed E-state index contributed by atoms with van der Waals surface area (Å²) in [6.45, 7) is 15.4. The lowest BCUT2D eigenvalue weighted by Gasteiger charge is -2.26. The maximum Gasteiger partial charge on any atom is 0.0686 e. The molecule has 0 aromatic carbocycles. The van der Waals surface area contributed by atoms with Crippen LogP contribution in [-0.4, -0.2) is 25.3 Å². The molecule has 0 saturated heterocycles. The van der Waals surface area contributed by atoms with Crippen molar-refractivity contribution in [1.82, 2.24) is 5.32 Å². The Bertz CT molecular complexity index is 254. The molecule has 0 aromatic rings. The van der Waals surface area contributed by atoms with Crippen LogP contribution in [0.15, 0.2) is 12.2 Å². The van der Waals surface area contributed by atoms with Crippen molar-refractivity contribution in [2.24, 2.45) is 11.8 Å². The van der Waals surface area contributed by atoms with Crippen LogP contribution >= 0.6 is 0 Å². The van der Waals surface area contributed by atoms with Gasteiger partial charge in [0.05, 0.1) is 6.61 Å². The van der Waals surface area contributed by atoms with E-state index in [2.05, 4.69) is 39.6 Å². The predicted molar refractivity (Wildman–Crippen MR) is 78.8 cm³/mol. The van der Waals surface area contributed by atoms with E-state index in [-0.39, 0.29) is 5.54 Å². The maximum absolute atomic E-state index is 5.81. The summed E-state index contributed by atoms with van der Waals surface area (Å²) in [6, 6.07) is 0. The summed E-state index contributed by atoms with van der Waals surface area (Å²) in [5, 5.41) is 3.44. The molecule has 0 aliphatic heterocycles. The van der Waals surface area contributed by atoms with E-state index in [1.54, 1.807) is 0 Å². The van der Waals surface area contributed by atoms with Gasteiger partial charge >= 0.3 is 0 Å². The largest absolute Gasteiger partial charge is 0.377 e. The topological polar surface area (TPSA) is 21.3 Å². The second kappa shape index (κ2) is 7.30. The number of hydrogen-bond donors (Lipinski definition) is 1. The molecule has 106 valence electrons. The average molecular weight is 253 g/mol. The Labute approximate surface area is 113 Å². The minimum absolute atomic E-state index is 0.155. The van der Waals surface area contributed by atoms with Crippen molar-refractivity contribution in [2.75, 3.05) is 19.8 Å². The van der Waals surface area contributed by atoms with Gasteiger partial charge in [0.25, 0.3) is 0 Å². The van der Waals surface area contributed by atoms with E-state index in [4.69, 9.17) is 4.74 Å². The Morgan fingerprint density at radius 2 is 2.06 bits per heavy atom. The third kappa shape index (κ3) is 7.17. The van der Waals surface area contributed by atoms with Gasteiger partial charge in [-0.15, -0.1) is 0 Å². The van der Waals surface area contributed by atoms with E-state index in [0.717, 1.165) is 30.6 Å². The lowest BCUT2D eigenvalue weighted by Crippen LogP contribution is -2.37. The van der Waals surface area contributed by atoms with Gasteiger partial charge in [-0.05, 0) is 51.0 Å². The first-order chi connectivity index (χ1) is 8.37. The summed E-state index contributed by atoms with van der Waals surface area (Å²) in [5.41, 5.74) is 1.30. The molecule has 0 bridgehead atoms. The minimum Gasteiger partial charge on any atom is -0.377 e. The lowest BCUT2D eigenvalue weighted by atomic mass is 9.83. The highest BCUT2D eigenvalue weighted by molar-refractivity contribution is 4.98. The Balaban J connectivity index is 2.08. The zero-order valence-corrected chi connectivity index (χ0v) is 12.7. The summed E-state index contributed by atoms with van der Waals surface area (Å²) in [4.78, 5) is 0. The Hall–Kier alpha value is -0.340. The van der Waals surface area contributed by atoms with Crippen LogP contribution < -0.4 is 5.32 Å². The van der Waals surface area contributed by atoms with Crippen LogP contribution in [0, 0.1) is 11.8 Å². The van der Waals surface area contributed by atoms with E-state index in [1.807, 2.05) is 0 Å². The van der Waals surface area contributed by atoms with Gasteiger partial charge in [-0.3, -0.25) is 0 Å². The van der Waals surface area contributed by atoms with Crippen LogP contribution in [0.1, 0.15) is 53.4 Å². The zero-order chi connectivity index (χ0) is 13.6. The third-order valence-corrected chi connectivity index (χ3v) is 3.57. The lowest BCUT2D eigenvalue weighted by molar-refractivity contribution is 0.0898. The molecular formula is C16H31NO. The quantitative estimate of drug-likeness (QED) is 0.728. The molecule has 0 radical (unpaired) electrons. The fourth-order valence-electron chi connectivity index (χ4n) is 2.52. The molecule has 0 amide bonds. The molecule has 0 spiro atoms. The van der Waals surface area contributed by atoms with Crippen molar-refractivity contribution in [2.45, 2.75) is 58.9 Å². The predicted octanol–water partition coefficient (Wildman–Crippen LogP) is 3.77. The van der Waals surface area contributed by atoms with Gasteiger partial charge < -0.3 is 10.1 Å². The van der Waals surface area contributed by atoms with E-state index in [1.165, 1.54) is 25.7 Å². The van der Waals surface area contributed by atoms with Crippen LogP contribution in [0.4, 0.5) is 0 Å². The average Bonchev–Trinajstić information content (AvgIpc) is 2.25. The molecule has 0 heterocycles. The second-order valence-electron chi connectivity index (χ2n) is 7.01. The van der Waals surface area contributed by atoms with Crippen molar-refractivity contribution in [1.29, 1.82) is 0 Å². The van der Waals surface area contributed by atoms with Crippen molar-refractivity contribution >= 4 is 0 Å². The highest BCUT2D eigenvalue weighted by Crippen LogP contribution is 2.28. The van der Waals surface area contributed by atoms with Crippen LogP contribution in [0.3, 0.4) is 0 Å². The third-order valence-electron chi connectivity index (χ3n) is 3.57. The number of hydrogen-bond acceptors (Lipinski definition) is 2. The molecule has 1 N–H and O–H groups in total. The first-order valence-corrected chi connectivity index (χ1v) is 7.36. The summed E-state index contributed by atoms with van der Waals surface area (Å²) >= 11 is 0. The van der Waals surface area contributed by atoms with Crippen molar-refractivity contribution in [3.63, 3.8) is 0 Å². The molecule has 2 atom stereocenters. The van der Waals surface area contributed by atoms with Gasteiger partial charge in [-0.1, -0.05) is 26.3 Å². The molecule has 1 rings (SSSR count). The van der Waals surface area contributed by atoms with Crippen molar-refractivity contribution in [3.05, 3.63) is 12.2 Å². The molecule has 1 fully saturated rings. The standard InChI is InChI=1S/C16H31NO/c1-13-7-6-8-15(9-13)12-18-11-14(2)10-17-16(3,4)5/h13,15,17H,2,6-12H2,1,3-5H3. The fraction of sp³-hybridized carbons (Fsp3) is 0.875. The molecule has 2 heteroatoms. The van der Waals surface area contributed by atoms with E-state index in [9.17, 15) is 0 Å². The highest BCUT2D eigenvalue weighted by Gasteiger charge is 2.18. The van der Waals surface area contributed by atoms with Gasteiger partial charge in [-0.25, -0.2) is 0 Å². The van der Waals surface area contributed by atoms with E-state index in [0.29, 0.717) is 6.61 Å². The molecule has 0 aromatic heterocycles. The van der Waals surface area contributed by atoms with Crippen molar-refractivity contribution < 1.29 is 4.74 Å². The number of ether oxygens (including phenoxy) is 1. The fourth-order valence-corrected chi connectivity index (χ4v) is 2.52. The van der Waals surface area contributed by atoms with Gasteiger partial charge in [0.2, 0.25) is 0 Å². The summed E-state index contributed by atoms with van der Waals surface area (Å²) in [5.74, 6) is 1.66. The first kappa shape index (κ1) is 15.7. The van der Waals surface area contributed by atoms with Gasteiger partial charge in [0.15, 0.2) is 0 Å². The second-order valence-corrected chi connectivity index (χ2v) is 7.01. The summed E-state index contributed by atoms with van der Waals surface area (Å²) in [6.07, 6.45) is 5.46. The van der Waals surface area contributed by atoms with Crippen molar-refractivity contribution in [3.8, 4) is 0 Å². The first-order valence-electron chi connectivity index (χ1n) is 7.36. The Morgan fingerprint density at radius 3 is 2.67 bits per heavy atom. The molecule has 1 aliphatic carbocycles. The maximum atomic E-state index is 5.81. The summed E-state index contributed by atoms with van der Waals surface area (Å²) in [7, 11) is 0. The van der Waals surface area contributed by atoms with E-state index < -0.39 is 0 Å². The Kier molecular flexibility index (Phi) is 6.37.